The molecule has 0 bridgehead atoms. The van der Waals surface area contributed by atoms with Crippen molar-refractivity contribution in [3.8, 4) is 0 Å². The minimum Gasteiger partial charge on any atom is -0.321 e. The molecule has 0 aromatic heterocycles. The van der Waals surface area contributed by atoms with Crippen molar-refractivity contribution in [3.05, 3.63) is 12.7 Å². The van der Waals surface area contributed by atoms with E-state index in [1.807, 2.05) is 0 Å². The first-order chi connectivity index (χ1) is 3.18. The maximum Gasteiger partial charge on any atom is 0.171 e. The second-order valence-electron chi connectivity index (χ2n) is 1.40. The van der Waals surface area contributed by atoms with Gasteiger partial charge in [0.2, 0.25) is 0 Å². The molecule has 0 aromatic rings. The van der Waals surface area contributed by atoms with E-state index < -0.39 is 6.04 Å². The fraction of sp³-hybridized carbons (Fsp3) is 0.400. The number of carbonyl (C=O) groups excluding carboxylic acids is 1. The second kappa shape index (κ2) is 2.53. The maximum atomic E-state index is 10.3. The van der Waals surface area contributed by atoms with Gasteiger partial charge in [-0.2, -0.15) is 0 Å². The SMILES string of the molecule is C=CC(=O)C(C)N. The number of nitrogens with two attached hydrogens (primary N) is 1. The summed E-state index contributed by atoms with van der Waals surface area (Å²) < 4.78 is 0. The van der Waals surface area contributed by atoms with E-state index in [2.05, 4.69) is 6.58 Å². The van der Waals surface area contributed by atoms with E-state index >= 15 is 0 Å². The van der Waals surface area contributed by atoms with Gasteiger partial charge < -0.3 is 5.73 Å². The van der Waals surface area contributed by atoms with E-state index in [1.54, 1.807) is 6.92 Å². The van der Waals surface area contributed by atoms with E-state index in [0.29, 0.717) is 0 Å². The fourth-order valence-corrected chi connectivity index (χ4v) is 0.186. The third-order valence-electron chi connectivity index (χ3n) is 0.650. The van der Waals surface area contributed by atoms with Crippen molar-refractivity contribution >= 4 is 5.78 Å². The zero-order valence-corrected chi connectivity index (χ0v) is 4.35. The first-order valence-electron chi connectivity index (χ1n) is 2.10. The lowest BCUT2D eigenvalue weighted by molar-refractivity contribution is -0.115. The van der Waals surface area contributed by atoms with Crippen LogP contribution in [0.4, 0.5) is 0 Å². The average Bonchev–Trinajstić information content (AvgIpc) is 1.65. The number of carbonyl (C=O) groups is 1. The molecule has 0 amide bonds. The molecule has 0 aliphatic carbocycles. The van der Waals surface area contributed by atoms with Crippen molar-refractivity contribution in [1.29, 1.82) is 0 Å². The summed E-state index contributed by atoms with van der Waals surface area (Å²) in [5.41, 5.74) is 5.13. The van der Waals surface area contributed by atoms with Gasteiger partial charge in [-0.15, -0.1) is 0 Å². The van der Waals surface area contributed by atoms with Crippen LogP contribution >= 0.6 is 0 Å². The lowest BCUT2D eigenvalue weighted by Crippen LogP contribution is -2.24. The van der Waals surface area contributed by atoms with Crippen molar-refractivity contribution in [1.82, 2.24) is 0 Å². The van der Waals surface area contributed by atoms with Crippen molar-refractivity contribution in [2.45, 2.75) is 13.0 Å². The summed E-state index contributed by atoms with van der Waals surface area (Å²) in [6.07, 6.45) is 1.23. The molecule has 1 atom stereocenters. The zero-order chi connectivity index (χ0) is 5.86. The Hall–Kier alpha value is -0.630. The van der Waals surface area contributed by atoms with Crippen LogP contribution < -0.4 is 5.73 Å². The van der Waals surface area contributed by atoms with Crippen LogP contribution in [-0.2, 0) is 4.79 Å². The standard InChI is InChI=1S/C5H9NO/c1-3-5(7)4(2)6/h3-4H,1,6H2,2H3. The summed E-state index contributed by atoms with van der Waals surface area (Å²) in [6.45, 7) is 4.88. The van der Waals surface area contributed by atoms with Crippen LogP contribution in [0.25, 0.3) is 0 Å². The van der Waals surface area contributed by atoms with Crippen molar-refractivity contribution in [2.24, 2.45) is 5.73 Å². The van der Waals surface area contributed by atoms with Gasteiger partial charge in [0.15, 0.2) is 5.78 Å². The molecule has 7 heavy (non-hydrogen) atoms. The minimum absolute atomic E-state index is 0.111. The van der Waals surface area contributed by atoms with Gasteiger partial charge in [-0.25, -0.2) is 0 Å². The van der Waals surface area contributed by atoms with E-state index in [9.17, 15) is 4.79 Å². The van der Waals surface area contributed by atoms with Crippen LogP contribution in [0.1, 0.15) is 6.92 Å². The minimum atomic E-state index is -0.391. The number of rotatable bonds is 2. The number of ketones is 1. The lowest BCUT2D eigenvalue weighted by atomic mass is 10.2. The fourth-order valence-electron chi connectivity index (χ4n) is 0.186. The molecular formula is C5H9NO. The van der Waals surface area contributed by atoms with Crippen molar-refractivity contribution < 1.29 is 4.79 Å². The molecule has 0 aliphatic heterocycles. The van der Waals surface area contributed by atoms with Crippen molar-refractivity contribution in [3.63, 3.8) is 0 Å². The molecule has 0 aliphatic rings. The van der Waals surface area contributed by atoms with E-state index in [0.717, 1.165) is 0 Å². The Kier molecular flexibility index (Phi) is 2.30. The molecule has 40 valence electrons. The van der Waals surface area contributed by atoms with Crippen LogP contribution in [0.3, 0.4) is 0 Å². The molecule has 0 spiro atoms. The van der Waals surface area contributed by atoms with Gasteiger partial charge in [0.05, 0.1) is 6.04 Å². The first kappa shape index (κ1) is 6.37. The van der Waals surface area contributed by atoms with Crippen LogP contribution in [0, 0.1) is 0 Å². The van der Waals surface area contributed by atoms with Gasteiger partial charge in [-0.1, -0.05) is 6.58 Å². The summed E-state index contributed by atoms with van der Waals surface area (Å²) >= 11 is 0. The Bertz CT molecular complexity index is 86.1. The summed E-state index contributed by atoms with van der Waals surface area (Å²) in [5.74, 6) is -0.111. The van der Waals surface area contributed by atoms with Gasteiger partial charge in [0.25, 0.3) is 0 Å². The van der Waals surface area contributed by atoms with Crippen LogP contribution in [-0.4, -0.2) is 11.8 Å². The highest BCUT2D eigenvalue weighted by Gasteiger charge is 1.98. The third kappa shape index (κ3) is 2.11. The van der Waals surface area contributed by atoms with Gasteiger partial charge >= 0.3 is 0 Å². The summed E-state index contributed by atoms with van der Waals surface area (Å²) in [7, 11) is 0. The highest BCUT2D eigenvalue weighted by Crippen LogP contribution is 1.77. The lowest BCUT2D eigenvalue weighted by Gasteiger charge is -1.93. The van der Waals surface area contributed by atoms with Gasteiger partial charge in [-0.3, -0.25) is 4.79 Å². The molecule has 0 aromatic carbocycles. The molecule has 2 N–H and O–H groups in total. The molecular weight excluding hydrogens is 90.1 g/mol. The molecule has 2 nitrogen and oxygen atoms in total. The molecule has 0 saturated heterocycles. The Morgan fingerprint density at radius 1 is 2.00 bits per heavy atom. The Balaban J connectivity index is 3.56. The van der Waals surface area contributed by atoms with Gasteiger partial charge in [0.1, 0.15) is 0 Å². The third-order valence-corrected chi connectivity index (χ3v) is 0.650. The van der Waals surface area contributed by atoms with Gasteiger partial charge in [0, 0.05) is 0 Å². The highest BCUT2D eigenvalue weighted by molar-refractivity contribution is 5.93. The quantitative estimate of drug-likeness (QED) is 0.498. The summed E-state index contributed by atoms with van der Waals surface area (Å²) in [4.78, 5) is 10.3. The molecule has 0 saturated carbocycles. The predicted molar refractivity (Wildman–Crippen MR) is 28.9 cm³/mol. The van der Waals surface area contributed by atoms with E-state index in [4.69, 9.17) is 5.73 Å². The highest BCUT2D eigenvalue weighted by atomic mass is 16.1. The Labute approximate surface area is 43.0 Å². The van der Waals surface area contributed by atoms with Crippen molar-refractivity contribution in [2.75, 3.05) is 0 Å². The topological polar surface area (TPSA) is 43.1 Å². The summed E-state index contributed by atoms with van der Waals surface area (Å²) in [6, 6.07) is -0.391. The van der Waals surface area contributed by atoms with E-state index in [1.165, 1.54) is 6.08 Å². The molecule has 0 fully saturated rings. The Morgan fingerprint density at radius 3 is 2.43 bits per heavy atom. The summed E-state index contributed by atoms with van der Waals surface area (Å²) in [5, 5.41) is 0. The molecule has 0 heterocycles. The van der Waals surface area contributed by atoms with Crippen LogP contribution in [0.15, 0.2) is 12.7 Å². The van der Waals surface area contributed by atoms with Crippen LogP contribution in [0.5, 0.6) is 0 Å². The maximum absolute atomic E-state index is 10.3. The molecule has 2 heteroatoms. The Morgan fingerprint density at radius 2 is 2.43 bits per heavy atom. The van der Waals surface area contributed by atoms with Crippen LogP contribution in [0.2, 0.25) is 0 Å². The average molecular weight is 99.1 g/mol. The molecule has 0 radical (unpaired) electrons. The molecule has 0 rings (SSSR count). The number of hydrogen-bond donors (Lipinski definition) is 1. The molecule has 1 unspecified atom stereocenters. The normalized spacial score (nSPS) is 12.9. The van der Waals surface area contributed by atoms with E-state index in [-0.39, 0.29) is 5.78 Å². The predicted octanol–water partition coefficient (Wildman–Crippen LogP) is 0.0887. The zero-order valence-electron chi connectivity index (χ0n) is 4.35. The first-order valence-corrected chi connectivity index (χ1v) is 2.10. The monoisotopic (exact) mass is 99.1 g/mol. The number of hydrogen-bond acceptors (Lipinski definition) is 2. The largest absolute Gasteiger partial charge is 0.321 e. The van der Waals surface area contributed by atoms with Gasteiger partial charge in [-0.05, 0) is 13.0 Å². The second-order valence-corrected chi connectivity index (χ2v) is 1.40. The smallest absolute Gasteiger partial charge is 0.171 e.